The second kappa shape index (κ2) is 5.92. The summed E-state index contributed by atoms with van der Waals surface area (Å²) in [6, 6.07) is 10.4. The minimum atomic E-state index is -0.236. The Morgan fingerprint density at radius 2 is 1.91 bits per heavy atom. The lowest BCUT2D eigenvalue weighted by molar-refractivity contribution is -0.116. The summed E-state index contributed by atoms with van der Waals surface area (Å²) in [6.07, 6.45) is 2.33. The molecule has 1 aliphatic heterocycles. The number of hydrogen-bond donors (Lipinski definition) is 1. The zero-order valence-corrected chi connectivity index (χ0v) is 13.8. The quantitative estimate of drug-likeness (QED) is 0.911. The third-order valence-electron chi connectivity index (χ3n) is 4.64. The molecule has 0 bridgehead atoms. The minimum absolute atomic E-state index is 0.167. The lowest BCUT2D eigenvalue weighted by Crippen LogP contribution is -2.31. The Bertz CT molecular complexity index is 748. The predicted molar refractivity (Wildman–Crippen MR) is 90.8 cm³/mol. The van der Waals surface area contributed by atoms with E-state index in [1.807, 2.05) is 50.2 Å². The first kappa shape index (κ1) is 15.4. The molecule has 0 unspecified atom stereocenters. The van der Waals surface area contributed by atoms with Crippen LogP contribution in [0.5, 0.6) is 0 Å². The van der Waals surface area contributed by atoms with Gasteiger partial charge in [-0.15, -0.1) is 0 Å². The second-order valence-electron chi connectivity index (χ2n) is 6.36. The van der Waals surface area contributed by atoms with Gasteiger partial charge in [0.05, 0.1) is 17.6 Å². The molecule has 1 aromatic carbocycles. The SMILES string of the molecule is CC1=C(C#N)[C@H](c2ccc(N(C)C)cc2)C2=C(CCCC2=O)N1. The van der Waals surface area contributed by atoms with E-state index in [1.165, 1.54) is 0 Å². The van der Waals surface area contributed by atoms with Gasteiger partial charge in [0.1, 0.15) is 0 Å². The zero-order valence-electron chi connectivity index (χ0n) is 13.8. The highest BCUT2D eigenvalue weighted by Gasteiger charge is 2.35. The number of nitrogens with zero attached hydrogens (tertiary/aromatic N) is 2. The number of hydrogen-bond acceptors (Lipinski definition) is 4. The summed E-state index contributed by atoms with van der Waals surface area (Å²) in [4.78, 5) is 14.6. The summed E-state index contributed by atoms with van der Waals surface area (Å²) in [5, 5.41) is 12.9. The molecule has 0 saturated carbocycles. The maximum Gasteiger partial charge on any atom is 0.161 e. The molecule has 0 radical (unpaired) electrons. The number of allylic oxidation sites excluding steroid dienone is 4. The van der Waals surface area contributed by atoms with Crippen molar-refractivity contribution in [3.63, 3.8) is 0 Å². The summed E-state index contributed by atoms with van der Waals surface area (Å²) >= 11 is 0. The number of ketones is 1. The summed E-state index contributed by atoms with van der Waals surface area (Å²) in [5.41, 5.74) is 5.41. The van der Waals surface area contributed by atoms with Gasteiger partial charge in [0.15, 0.2) is 5.78 Å². The van der Waals surface area contributed by atoms with Crippen LogP contribution in [-0.2, 0) is 4.79 Å². The monoisotopic (exact) mass is 307 g/mol. The van der Waals surface area contributed by atoms with Gasteiger partial charge in [-0.2, -0.15) is 5.26 Å². The first-order chi connectivity index (χ1) is 11.0. The molecule has 4 heteroatoms. The molecule has 118 valence electrons. The van der Waals surface area contributed by atoms with Crippen molar-refractivity contribution in [1.82, 2.24) is 5.32 Å². The van der Waals surface area contributed by atoms with Gasteiger partial charge >= 0.3 is 0 Å². The van der Waals surface area contributed by atoms with Crippen LogP contribution in [0.25, 0.3) is 0 Å². The number of nitriles is 1. The number of benzene rings is 1. The van der Waals surface area contributed by atoms with Crippen molar-refractivity contribution in [3.05, 3.63) is 52.4 Å². The molecular formula is C19H21N3O. The number of carbonyl (C=O) groups is 1. The minimum Gasteiger partial charge on any atom is -0.378 e. The van der Waals surface area contributed by atoms with E-state index in [0.717, 1.165) is 41.1 Å². The molecule has 0 amide bonds. The fraction of sp³-hybridized carbons (Fsp3) is 0.368. The van der Waals surface area contributed by atoms with Crippen LogP contribution >= 0.6 is 0 Å². The molecule has 1 atom stereocenters. The number of carbonyl (C=O) groups excluding carboxylic acids is 1. The summed E-state index contributed by atoms with van der Waals surface area (Å²) in [6.45, 7) is 1.92. The predicted octanol–water partition coefficient (Wildman–Crippen LogP) is 3.24. The van der Waals surface area contributed by atoms with E-state index in [4.69, 9.17) is 0 Å². The number of nitrogens with one attached hydrogen (secondary N) is 1. The Morgan fingerprint density at radius 1 is 1.22 bits per heavy atom. The smallest absolute Gasteiger partial charge is 0.161 e. The Hall–Kier alpha value is -2.54. The topological polar surface area (TPSA) is 56.1 Å². The summed E-state index contributed by atoms with van der Waals surface area (Å²) in [7, 11) is 3.99. The average Bonchev–Trinajstić information content (AvgIpc) is 2.54. The molecule has 1 heterocycles. The maximum absolute atomic E-state index is 12.5. The van der Waals surface area contributed by atoms with Gasteiger partial charge in [-0.25, -0.2) is 0 Å². The van der Waals surface area contributed by atoms with Crippen LogP contribution in [0.4, 0.5) is 5.69 Å². The molecule has 0 fully saturated rings. The van der Waals surface area contributed by atoms with Gasteiger partial charge in [0.2, 0.25) is 0 Å². The molecule has 0 spiro atoms. The van der Waals surface area contributed by atoms with Crippen LogP contribution in [0.1, 0.15) is 37.7 Å². The third-order valence-corrected chi connectivity index (χ3v) is 4.64. The van der Waals surface area contributed by atoms with Crippen molar-refractivity contribution < 1.29 is 4.79 Å². The van der Waals surface area contributed by atoms with Crippen molar-refractivity contribution in [3.8, 4) is 6.07 Å². The molecule has 0 aromatic heterocycles. The van der Waals surface area contributed by atoms with E-state index in [0.29, 0.717) is 12.0 Å². The normalized spacial score (nSPS) is 20.8. The van der Waals surface area contributed by atoms with E-state index < -0.39 is 0 Å². The number of anilines is 1. The Labute approximate surface area is 137 Å². The molecule has 1 aliphatic carbocycles. The van der Waals surface area contributed by atoms with Gasteiger partial charge < -0.3 is 10.2 Å². The van der Waals surface area contributed by atoms with E-state index in [9.17, 15) is 10.1 Å². The summed E-state index contributed by atoms with van der Waals surface area (Å²) in [5.74, 6) is -0.0686. The van der Waals surface area contributed by atoms with Crippen molar-refractivity contribution >= 4 is 11.5 Å². The van der Waals surface area contributed by atoms with E-state index in [-0.39, 0.29) is 11.7 Å². The zero-order chi connectivity index (χ0) is 16.6. The molecule has 3 rings (SSSR count). The first-order valence-electron chi connectivity index (χ1n) is 7.94. The van der Waals surface area contributed by atoms with Crippen molar-refractivity contribution in [2.75, 3.05) is 19.0 Å². The van der Waals surface area contributed by atoms with Crippen molar-refractivity contribution in [1.29, 1.82) is 5.26 Å². The van der Waals surface area contributed by atoms with Crippen molar-refractivity contribution in [2.45, 2.75) is 32.1 Å². The van der Waals surface area contributed by atoms with Crippen LogP contribution in [0.15, 0.2) is 46.8 Å². The van der Waals surface area contributed by atoms with Crippen molar-refractivity contribution in [2.24, 2.45) is 0 Å². The van der Waals surface area contributed by atoms with Gasteiger partial charge in [-0.1, -0.05) is 12.1 Å². The highest BCUT2D eigenvalue weighted by atomic mass is 16.1. The molecule has 4 nitrogen and oxygen atoms in total. The molecule has 23 heavy (non-hydrogen) atoms. The second-order valence-corrected chi connectivity index (χ2v) is 6.36. The van der Waals surface area contributed by atoms with E-state index in [1.54, 1.807) is 0 Å². The number of dihydropyridines is 1. The van der Waals surface area contributed by atoms with Gasteiger partial charge in [0, 0.05) is 43.2 Å². The highest BCUT2D eigenvalue weighted by molar-refractivity contribution is 5.99. The highest BCUT2D eigenvalue weighted by Crippen LogP contribution is 2.41. The molecule has 2 aliphatic rings. The molecule has 1 aromatic rings. The third kappa shape index (κ3) is 2.63. The van der Waals surface area contributed by atoms with Crippen LogP contribution in [-0.4, -0.2) is 19.9 Å². The first-order valence-corrected chi connectivity index (χ1v) is 7.94. The van der Waals surface area contributed by atoms with E-state index in [2.05, 4.69) is 11.4 Å². The van der Waals surface area contributed by atoms with Crippen LogP contribution in [0.2, 0.25) is 0 Å². The lowest BCUT2D eigenvalue weighted by Gasteiger charge is -2.32. The molecule has 1 N–H and O–H groups in total. The largest absolute Gasteiger partial charge is 0.378 e. The van der Waals surface area contributed by atoms with Crippen LogP contribution < -0.4 is 10.2 Å². The number of rotatable bonds is 2. The van der Waals surface area contributed by atoms with Gasteiger partial charge in [-0.3, -0.25) is 4.79 Å². The average molecular weight is 307 g/mol. The molecule has 0 saturated heterocycles. The molecular weight excluding hydrogens is 286 g/mol. The lowest BCUT2D eigenvalue weighted by atomic mass is 9.75. The summed E-state index contributed by atoms with van der Waals surface area (Å²) < 4.78 is 0. The Balaban J connectivity index is 2.11. The van der Waals surface area contributed by atoms with Crippen LogP contribution in [0.3, 0.4) is 0 Å². The fourth-order valence-corrected chi connectivity index (χ4v) is 3.43. The Morgan fingerprint density at radius 3 is 2.52 bits per heavy atom. The van der Waals surface area contributed by atoms with Gasteiger partial charge in [0.25, 0.3) is 0 Å². The Kier molecular flexibility index (Phi) is 3.96. The van der Waals surface area contributed by atoms with Gasteiger partial charge in [-0.05, 0) is 37.5 Å². The number of Topliss-reactive ketones (excluding diaryl/α,β-unsaturated/α-hetero) is 1. The standard InChI is InChI=1S/C19H21N3O/c1-12-15(11-20)18(13-7-9-14(10-8-13)22(2)3)19-16(21-12)5-4-6-17(19)23/h7-10,18,21H,4-6H2,1-3H3/t18-/m0/s1. The van der Waals surface area contributed by atoms with E-state index >= 15 is 0 Å². The fourth-order valence-electron chi connectivity index (χ4n) is 3.43. The van der Waals surface area contributed by atoms with Crippen LogP contribution in [0, 0.1) is 11.3 Å². The maximum atomic E-state index is 12.5.